The number of nitro benzene ring substituents is 1. The van der Waals surface area contributed by atoms with Crippen LogP contribution in [0.3, 0.4) is 0 Å². The first kappa shape index (κ1) is 9.58. The van der Waals surface area contributed by atoms with Gasteiger partial charge in [0.2, 0.25) is 0 Å². The van der Waals surface area contributed by atoms with Gasteiger partial charge in [-0.2, -0.15) is 0 Å². The van der Waals surface area contributed by atoms with Crippen LogP contribution in [-0.4, -0.2) is 9.91 Å². The predicted molar refractivity (Wildman–Crippen MR) is 57.8 cm³/mol. The number of aromatic nitrogens is 1. The molecule has 0 amide bonds. The number of hydrogen-bond donors (Lipinski definition) is 0. The molecule has 1 aromatic carbocycles. The van der Waals surface area contributed by atoms with E-state index < -0.39 is 0 Å². The Hall–Kier alpha value is -1.97. The molecule has 0 bridgehead atoms. The second-order valence-electron chi connectivity index (χ2n) is 3.25. The Balaban J connectivity index is 2.85. The van der Waals surface area contributed by atoms with Crippen LogP contribution in [0.1, 0.15) is 12.5 Å². The quantitative estimate of drug-likeness (QED) is 0.555. The standard InChI is InChI=1S/C11H10N2O2/c1-2-8-5-6-10-9(4-3-7-12-10)11(8)13(14)15/h3-7H,2H2,1H3. The van der Waals surface area contributed by atoms with Crippen molar-refractivity contribution in [3.8, 4) is 0 Å². The van der Waals surface area contributed by atoms with Gasteiger partial charge >= 0.3 is 0 Å². The lowest BCUT2D eigenvalue weighted by Crippen LogP contribution is -1.96. The van der Waals surface area contributed by atoms with Gasteiger partial charge in [0, 0.05) is 11.8 Å². The average Bonchev–Trinajstić information content (AvgIpc) is 2.27. The third-order valence-corrected chi connectivity index (χ3v) is 2.40. The van der Waals surface area contributed by atoms with Crippen molar-refractivity contribution in [2.24, 2.45) is 0 Å². The Morgan fingerprint density at radius 3 is 2.87 bits per heavy atom. The van der Waals surface area contributed by atoms with E-state index >= 15 is 0 Å². The summed E-state index contributed by atoms with van der Waals surface area (Å²) in [6.07, 6.45) is 2.29. The Kier molecular flexibility index (Phi) is 2.33. The molecule has 4 heteroatoms. The van der Waals surface area contributed by atoms with Crippen molar-refractivity contribution in [1.29, 1.82) is 0 Å². The lowest BCUT2D eigenvalue weighted by Gasteiger charge is -2.02. The SMILES string of the molecule is CCc1ccc2ncccc2c1[N+](=O)[O-]. The Morgan fingerprint density at radius 1 is 1.40 bits per heavy atom. The normalized spacial score (nSPS) is 10.5. The van der Waals surface area contributed by atoms with E-state index in [0.29, 0.717) is 17.3 Å². The van der Waals surface area contributed by atoms with Crippen molar-refractivity contribution in [1.82, 2.24) is 4.98 Å². The molecule has 76 valence electrons. The molecule has 0 unspecified atom stereocenters. The number of nitro groups is 1. The number of rotatable bonds is 2. The summed E-state index contributed by atoms with van der Waals surface area (Å²) in [5, 5.41) is 11.6. The maximum atomic E-state index is 11.0. The topological polar surface area (TPSA) is 56.0 Å². The van der Waals surface area contributed by atoms with Gasteiger partial charge in [0.15, 0.2) is 0 Å². The van der Waals surface area contributed by atoms with Gasteiger partial charge in [0.05, 0.1) is 15.8 Å². The van der Waals surface area contributed by atoms with E-state index in [9.17, 15) is 10.1 Å². The van der Waals surface area contributed by atoms with Crippen molar-refractivity contribution in [3.63, 3.8) is 0 Å². The molecular weight excluding hydrogens is 192 g/mol. The fourth-order valence-electron chi connectivity index (χ4n) is 1.68. The van der Waals surface area contributed by atoms with Crippen LogP contribution in [0.4, 0.5) is 5.69 Å². The van der Waals surface area contributed by atoms with Crippen LogP contribution in [0.25, 0.3) is 10.9 Å². The van der Waals surface area contributed by atoms with Crippen molar-refractivity contribution in [2.45, 2.75) is 13.3 Å². The summed E-state index contributed by atoms with van der Waals surface area (Å²) in [6.45, 7) is 1.91. The highest BCUT2D eigenvalue weighted by Crippen LogP contribution is 2.28. The number of benzene rings is 1. The minimum atomic E-state index is -0.331. The molecule has 0 aliphatic carbocycles. The molecule has 1 heterocycles. The molecule has 15 heavy (non-hydrogen) atoms. The smallest absolute Gasteiger partial charge is 0.258 e. The zero-order chi connectivity index (χ0) is 10.8. The summed E-state index contributed by atoms with van der Waals surface area (Å²) >= 11 is 0. The lowest BCUT2D eigenvalue weighted by atomic mass is 10.1. The largest absolute Gasteiger partial charge is 0.281 e. The van der Waals surface area contributed by atoms with Crippen LogP contribution in [0.15, 0.2) is 30.5 Å². The molecule has 1 aromatic heterocycles. The van der Waals surface area contributed by atoms with Gasteiger partial charge in [0.1, 0.15) is 0 Å². The molecule has 0 saturated heterocycles. The van der Waals surface area contributed by atoms with Crippen LogP contribution < -0.4 is 0 Å². The van der Waals surface area contributed by atoms with Gasteiger partial charge < -0.3 is 0 Å². The van der Waals surface area contributed by atoms with Crippen molar-refractivity contribution < 1.29 is 4.92 Å². The van der Waals surface area contributed by atoms with E-state index in [-0.39, 0.29) is 10.6 Å². The molecule has 0 radical (unpaired) electrons. The third-order valence-electron chi connectivity index (χ3n) is 2.40. The third kappa shape index (κ3) is 1.54. The first-order valence-electron chi connectivity index (χ1n) is 4.75. The summed E-state index contributed by atoms with van der Waals surface area (Å²) in [7, 11) is 0. The second-order valence-corrected chi connectivity index (χ2v) is 3.25. The molecule has 0 saturated carbocycles. The van der Waals surface area contributed by atoms with Crippen LogP contribution >= 0.6 is 0 Å². The minimum Gasteiger partial charge on any atom is -0.258 e. The fourth-order valence-corrected chi connectivity index (χ4v) is 1.68. The number of nitrogens with zero attached hydrogens (tertiary/aromatic N) is 2. The van der Waals surface area contributed by atoms with Crippen LogP contribution in [0.2, 0.25) is 0 Å². The molecule has 2 rings (SSSR count). The maximum Gasteiger partial charge on any atom is 0.281 e. The van der Waals surface area contributed by atoms with E-state index in [4.69, 9.17) is 0 Å². The average molecular weight is 202 g/mol. The first-order chi connectivity index (χ1) is 7.24. The Labute approximate surface area is 86.7 Å². The number of pyridine rings is 1. The second kappa shape index (κ2) is 3.65. The van der Waals surface area contributed by atoms with Crippen LogP contribution in [0, 0.1) is 10.1 Å². The summed E-state index contributed by atoms with van der Waals surface area (Å²) in [5.41, 5.74) is 1.60. The summed E-state index contributed by atoms with van der Waals surface area (Å²) in [5.74, 6) is 0. The van der Waals surface area contributed by atoms with Crippen LogP contribution in [0.5, 0.6) is 0 Å². The van der Waals surface area contributed by atoms with Gasteiger partial charge in [-0.15, -0.1) is 0 Å². The Morgan fingerprint density at radius 2 is 2.20 bits per heavy atom. The molecular formula is C11H10N2O2. The predicted octanol–water partition coefficient (Wildman–Crippen LogP) is 2.71. The molecule has 0 spiro atoms. The van der Waals surface area contributed by atoms with Crippen molar-refractivity contribution >= 4 is 16.6 Å². The van der Waals surface area contributed by atoms with E-state index in [0.717, 1.165) is 5.56 Å². The van der Waals surface area contributed by atoms with E-state index in [1.807, 2.05) is 13.0 Å². The zero-order valence-corrected chi connectivity index (χ0v) is 8.30. The van der Waals surface area contributed by atoms with Crippen molar-refractivity contribution in [2.75, 3.05) is 0 Å². The van der Waals surface area contributed by atoms with Gasteiger partial charge in [-0.05, 0) is 24.6 Å². The highest BCUT2D eigenvalue weighted by molar-refractivity contribution is 5.89. The van der Waals surface area contributed by atoms with Gasteiger partial charge in [-0.25, -0.2) is 0 Å². The maximum absolute atomic E-state index is 11.0. The molecule has 0 fully saturated rings. The highest BCUT2D eigenvalue weighted by Gasteiger charge is 2.16. The molecule has 4 nitrogen and oxygen atoms in total. The molecule has 2 aromatic rings. The van der Waals surface area contributed by atoms with Gasteiger partial charge in [-0.3, -0.25) is 15.1 Å². The van der Waals surface area contributed by atoms with Gasteiger partial charge in [-0.1, -0.05) is 13.0 Å². The van der Waals surface area contributed by atoms with Crippen LogP contribution in [-0.2, 0) is 6.42 Å². The van der Waals surface area contributed by atoms with E-state index in [1.54, 1.807) is 24.4 Å². The summed E-state index contributed by atoms with van der Waals surface area (Å²) < 4.78 is 0. The Bertz CT molecular complexity index is 523. The summed E-state index contributed by atoms with van der Waals surface area (Å²) in [6, 6.07) is 7.04. The number of fused-ring (bicyclic) bond motifs is 1. The molecule has 0 aliphatic rings. The highest BCUT2D eigenvalue weighted by atomic mass is 16.6. The van der Waals surface area contributed by atoms with Gasteiger partial charge in [0.25, 0.3) is 5.69 Å². The molecule has 0 aliphatic heterocycles. The molecule has 0 atom stereocenters. The monoisotopic (exact) mass is 202 g/mol. The fraction of sp³-hybridized carbons (Fsp3) is 0.182. The van der Waals surface area contributed by atoms with E-state index in [1.165, 1.54) is 0 Å². The zero-order valence-electron chi connectivity index (χ0n) is 8.30. The minimum absolute atomic E-state index is 0.183. The lowest BCUT2D eigenvalue weighted by molar-refractivity contribution is -0.383. The molecule has 0 N–H and O–H groups in total. The van der Waals surface area contributed by atoms with Crippen molar-refractivity contribution in [3.05, 3.63) is 46.1 Å². The first-order valence-corrected chi connectivity index (χ1v) is 4.75. The van der Waals surface area contributed by atoms with E-state index in [2.05, 4.69) is 4.98 Å². The number of aryl methyl sites for hydroxylation is 1. The summed E-state index contributed by atoms with van der Waals surface area (Å²) in [4.78, 5) is 14.7. The number of hydrogen-bond acceptors (Lipinski definition) is 3.